The van der Waals surface area contributed by atoms with Crippen LogP contribution in [0.1, 0.15) is 41.3 Å². The minimum Gasteiger partial charge on any atom is -0.504 e. The molecule has 2 amide bonds. The van der Waals surface area contributed by atoms with Gasteiger partial charge < -0.3 is 20.8 Å². The second-order valence-corrected chi connectivity index (χ2v) is 8.59. The van der Waals surface area contributed by atoms with Crippen molar-refractivity contribution in [2.75, 3.05) is 12.4 Å². The number of alkyl halides is 2. The van der Waals surface area contributed by atoms with Crippen LogP contribution in [0.3, 0.4) is 0 Å². The average molecular weight is 466 g/mol. The number of nitrogens with one attached hydrogen (secondary N) is 2. The van der Waals surface area contributed by atoms with Crippen molar-refractivity contribution in [3.63, 3.8) is 0 Å². The molecule has 0 radical (unpaired) electrons. The fraction of sp³-hybridized carbons (Fsp3) is 0.231. The third-order valence-electron chi connectivity index (χ3n) is 6.10. The highest BCUT2D eigenvalue weighted by Crippen LogP contribution is 2.50. The Bertz CT molecular complexity index is 1280. The van der Waals surface area contributed by atoms with Crippen LogP contribution < -0.4 is 10.6 Å². The molecule has 1 aliphatic rings. The first kappa shape index (κ1) is 23.2. The number of benzene rings is 3. The Morgan fingerprint density at radius 3 is 2.29 bits per heavy atom. The Morgan fingerprint density at radius 1 is 0.941 bits per heavy atom. The highest BCUT2D eigenvalue weighted by atomic mass is 19.3. The SMILES string of the molecule is CNC(=O)c1cccc(-c2cc(NC(=O)C3(c4ccc(O)c(O)c4)CC3)cc(C(C)(F)F)c2)c1. The van der Waals surface area contributed by atoms with E-state index in [1.165, 1.54) is 31.3 Å². The predicted molar refractivity (Wildman–Crippen MR) is 124 cm³/mol. The van der Waals surface area contributed by atoms with Crippen LogP contribution in [0.2, 0.25) is 0 Å². The van der Waals surface area contributed by atoms with Crippen LogP contribution in [0.25, 0.3) is 11.1 Å². The number of aromatic hydroxyl groups is 2. The van der Waals surface area contributed by atoms with E-state index in [0.29, 0.717) is 35.1 Å². The first-order valence-electron chi connectivity index (χ1n) is 10.7. The minimum atomic E-state index is -3.16. The Morgan fingerprint density at radius 2 is 1.68 bits per heavy atom. The van der Waals surface area contributed by atoms with Crippen molar-refractivity contribution in [1.82, 2.24) is 5.32 Å². The number of anilines is 1. The van der Waals surface area contributed by atoms with Gasteiger partial charge in [0.15, 0.2) is 11.5 Å². The molecule has 8 heteroatoms. The first-order chi connectivity index (χ1) is 16.0. The largest absolute Gasteiger partial charge is 0.504 e. The molecule has 0 aromatic heterocycles. The van der Waals surface area contributed by atoms with Gasteiger partial charge in [-0.05, 0) is 72.0 Å². The van der Waals surface area contributed by atoms with E-state index in [1.807, 2.05) is 0 Å². The van der Waals surface area contributed by atoms with Crippen molar-refractivity contribution in [2.24, 2.45) is 0 Å². The molecule has 0 heterocycles. The molecule has 0 atom stereocenters. The summed E-state index contributed by atoms with van der Waals surface area (Å²) in [6.07, 6.45) is 1.04. The standard InChI is InChI=1S/C26H24F2N2O4/c1-25(27,28)19-11-17(15-4-3-5-16(10-15)23(33)29-2)12-20(13-19)30-24(34)26(8-9-26)18-6-7-21(31)22(32)14-18/h3-7,10-14,31-32H,8-9H2,1-2H3,(H,29,33)(H,30,34). The molecule has 4 rings (SSSR count). The second-order valence-electron chi connectivity index (χ2n) is 8.59. The molecule has 1 saturated carbocycles. The van der Waals surface area contributed by atoms with Gasteiger partial charge in [0.05, 0.1) is 5.41 Å². The number of rotatable bonds is 6. The first-order valence-corrected chi connectivity index (χ1v) is 10.7. The third kappa shape index (κ3) is 4.44. The van der Waals surface area contributed by atoms with Crippen molar-refractivity contribution in [2.45, 2.75) is 31.1 Å². The van der Waals surface area contributed by atoms with Gasteiger partial charge in [-0.15, -0.1) is 0 Å². The van der Waals surface area contributed by atoms with E-state index in [2.05, 4.69) is 10.6 Å². The maximum Gasteiger partial charge on any atom is 0.270 e. The maximum atomic E-state index is 14.3. The molecule has 6 nitrogen and oxygen atoms in total. The summed E-state index contributed by atoms with van der Waals surface area (Å²) in [6, 6.07) is 14.9. The Kier molecular flexibility index (Phi) is 5.77. The lowest BCUT2D eigenvalue weighted by molar-refractivity contribution is -0.118. The van der Waals surface area contributed by atoms with E-state index in [0.717, 1.165) is 6.92 Å². The van der Waals surface area contributed by atoms with Crippen LogP contribution in [0, 0.1) is 0 Å². The van der Waals surface area contributed by atoms with Crippen molar-refractivity contribution >= 4 is 17.5 Å². The number of carbonyl (C=O) groups is 2. The summed E-state index contributed by atoms with van der Waals surface area (Å²) in [6.45, 7) is 0.778. The number of hydrogen-bond donors (Lipinski definition) is 4. The minimum absolute atomic E-state index is 0.193. The molecule has 3 aromatic rings. The topological polar surface area (TPSA) is 98.7 Å². The Labute approximate surface area is 195 Å². The zero-order chi connectivity index (χ0) is 24.7. The second kappa shape index (κ2) is 8.44. The molecule has 0 unspecified atom stereocenters. The van der Waals surface area contributed by atoms with Crippen molar-refractivity contribution < 1.29 is 28.6 Å². The monoisotopic (exact) mass is 466 g/mol. The van der Waals surface area contributed by atoms with E-state index in [1.54, 1.807) is 36.4 Å². The summed E-state index contributed by atoms with van der Waals surface area (Å²) in [5, 5.41) is 24.7. The molecule has 0 saturated heterocycles. The molecule has 176 valence electrons. The zero-order valence-electron chi connectivity index (χ0n) is 18.7. The summed E-state index contributed by atoms with van der Waals surface area (Å²) in [5.41, 5.74) is 0.893. The van der Waals surface area contributed by atoms with Crippen LogP contribution in [0.4, 0.5) is 14.5 Å². The van der Waals surface area contributed by atoms with Gasteiger partial charge in [-0.25, -0.2) is 8.78 Å². The normalized spacial score (nSPS) is 14.4. The molecule has 0 bridgehead atoms. The lowest BCUT2D eigenvalue weighted by Crippen LogP contribution is -2.28. The summed E-state index contributed by atoms with van der Waals surface area (Å²) in [5.74, 6) is -4.48. The summed E-state index contributed by atoms with van der Waals surface area (Å²) >= 11 is 0. The summed E-state index contributed by atoms with van der Waals surface area (Å²) in [7, 11) is 1.50. The smallest absolute Gasteiger partial charge is 0.270 e. The van der Waals surface area contributed by atoms with Gasteiger partial charge in [0.25, 0.3) is 11.8 Å². The van der Waals surface area contributed by atoms with Gasteiger partial charge in [0.1, 0.15) is 0 Å². The predicted octanol–water partition coefficient (Wildman–Crippen LogP) is 4.91. The molecule has 34 heavy (non-hydrogen) atoms. The van der Waals surface area contributed by atoms with Crippen molar-refractivity contribution in [1.29, 1.82) is 0 Å². The van der Waals surface area contributed by atoms with Crippen LogP contribution >= 0.6 is 0 Å². The lowest BCUT2D eigenvalue weighted by atomic mass is 9.93. The van der Waals surface area contributed by atoms with Gasteiger partial charge in [0.2, 0.25) is 5.91 Å². The van der Waals surface area contributed by atoms with E-state index in [-0.39, 0.29) is 34.6 Å². The summed E-state index contributed by atoms with van der Waals surface area (Å²) < 4.78 is 28.6. The van der Waals surface area contributed by atoms with E-state index in [4.69, 9.17) is 0 Å². The van der Waals surface area contributed by atoms with E-state index in [9.17, 15) is 28.6 Å². The van der Waals surface area contributed by atoms with E-state index >= 15 is 0 Å². The molecular formula is C26H24F2N2O4. The van der Waals surface area contributed by atoms with Crippen LogP contribution in [0.5, 0.6) is 11.5 Å². The quantitative estimate of drug-likeness (QED) is 0.388. The molecule has 0 aliphatic heterocycles. The highest BCUT2D eigenvalue weighted by molar-refractivity contribution is 6.02. The molecule has 0 spiro atoms. The van der Waals surface area contributed by atoms with E-state index < -0.39 is 11.3 Å². The molecule has 3 aromatic carbocycles. The average Bonchev–Trinajstić information content (AvgIpc) is 3.62. The van der Waals surface area contributed by atoms with Crippen molar-refractivity contribution in [3.8, 4) is 22.6 Å². The zero-order valence-corrected chi connectivity index (χ0v) is 18.7. The van der Waals surface area contributed by atoms with Crippen LogP contribution in [0.15, 0.2) is 60.7 Å². The number of halogens is 2. The van der Waals surface area contributed by atoms with Gasteiger partial charge in [-0.3, -0.25) is 9.59 Å². The fourth-order valence-corrected chi connectivity index (χ4v) is 3.95. The highest BCUT2D eigenvalue weighted by Gasteiger charge is 2.51. The van der Waals surface area contributed by atoms with Gasteiger partial charge in [0, 0.05) is 30.8 Å². The van der Waals surface area contributed by atoms with Gasteiger partial charge in [-0.2, -0.15) is 0 Å². The number of carbonyl (C=O) groups excluding carboxylic acids is 2. The van der Waals surface area contributed by atoms with Gasteiger partial charge in [-0.1, -0.05) is 18.2 Å². The third-order valence-corrected chi connectivity index (χ3v) is 6.10. The molecule has 1 fully saturated rings. The van der Waals surface area contributed by atoms with Crippen LogP contribution in [-0.4, -0.2) is 29.1 Å². The Hall–Kier alpha value is -3.94. The van der Waals surface area contributed by atoms with Gasteiger partial charge >= 0.3 is 0 Å². The maximum absolute atomic E-state index is 14.3. The molecule has 1 aliphatic carbocycles. The molecular weight excluding hydrogens is 442 g/mol. The fourth-order valence-electron chi connectivity index (χ4n) is 3.95. The number of hydrogen-bond acceptors (Lipinski definition) is 4. The summed E-state index contributed by atoms with van der Waals surface area (Å²) in [4.78, 5) is 25.2. The lowest BCUT2D eigenvalue weighted by Gasteiger charge is -2.19. The Balaban J connectivity index is 1.70. The molecule has 4 N–H and O–H groups in total. The van der Waals surface area contributed by atoms with Crippen LogP contribution in [-0.2, 0) is 16.1 Å². The number of phenols is 2. The number of amides is 2. The number of phenolic OH excluding ortho intramolecular Hbond substituents is 2. The van der Waals surface area contributed by atoms with Crippen molar-refractivity contribution in [3.05, 3.63) is 77.4 Å².